The van der Waals surface area contributed by atoms with Gasteiger partial charge >= 0.3 is 23.9 Å². The van der Waals surface area contributed by atoms with Crippen LogP contribution in [0.5, 0.6) is 46.0 Å². The molecule has 20 nitrogen and oxygen atoms in total. The van der Waals surface area contributed by atoms with E-state index in [1.165, 1.54) is 24.3 Å². The van der Waals surface area contributed by atoms with Crippen molar-refractivity contribution < 1.29 is 85.1 Å². The van der Waals surface area contributed by atoms with Crippen molar-refractivity contribution >= 4 is 158 Å². The van der Waals surface area contributed by atoms with E-state index in [1.54, 1.807) is 48.5 Å². The monoisotopic (exact) mass is 1750 g/mol. The number of benzene rings is 13. The maximum absolute atomic E-state index is 17.0. The van der Waals surface area contributed by atoms with E-state index in [-0.39, 0.29) is 159 Å². The zero-order valence-electron chi connectivity index (χ0n) is 72.9. The Bertz CT molecular complexity index is 6440. The Hall–Kier alpha value is -13.8. The first kappa shape index (κ1) is 86.3. The lowest BCUT2D eigenvalue weighted by atomic mass is 9.80. The number of carbonyl (C=O) groups excluding carboxylic acids is 8. The van der Waals surface area contributed by atoms with Gasteiger partial charge in [-0.3, -0.25) is 29.0 Å². The molecule has 2 aliphatic rings. The number of para-hydroxylation sites is 4. The molecule has 0 saturated heterocycles. The van der Waals surface area contributed by atoms with Crippen molar-refractivity contribution in [2.45, 2.75) is 143 Å². The lowest BCUT2D eigenvalue weighted by Crippen LogP contribution is -2.51. The van der Waals surface area contributed by atoms with Crippen molar-refractivity contribution in [3.8, 4) is 46.0 Å². The van der Waals surface area contributed by atoms with E-state index in [0.29, 0.717) is 33.5 Å². The van der Waals surface area contributed by atoms with E-state index in [0.717, 1.165) is 53.6 Å². The third-order valence-corrected chi connectivity index (χ3v) is 24.1. The van der Waals surface area contributed by atoms with Crippen molar-refractivity contribution in [1.82, 2.24) is 9.80 Å². The van der Waals surface area contributed by atoms with Crippen LogP contribution < -0.4 is 18.9 Å². The van der Waals surface area contributed by atoms with Crippen molar-refractivity contribution in [2.75, 3.05) is 26.4 Å². The fraction of sp³-hybridized carbons (Fsp3) is 0.245. The molecule has 15 aromatic rings. The number of esters is 4. The Morgan fingerprint density at radius 3 is 0.875 bits per heavy atom. The number of amides is 4. The van der Waals surface area contributed by atoms with Crippen LogP contribution in [0, 0.1) is 0 Å². The number of fused-ring (bicyclic) bond motifs is 8. The summed E-state index contributed by atoms with van der Waals surface area (Å²) in [5.41, 5.74) is 5.52. The van der Waals surface area contributed by atoms with Crippen LogP contribution in [0.2, 0.25) is 0 Å². The molecule has 0 saturated carbocycles. The zero-order valence-corrected chi connectivity index (χ0v) is 74.4. The lowest BCUT2D eigenvalue weighted by molar-refractivity contribution is -0.153. The van der Waals surface area contributed by atoms with Crippen LogP contribution in [0.1, 0.15) is 171 Å². The second-order valence-corrected chi connectivity index (χ2v) is 37.4. The number of imide groups is 2. The number of aryl methyl sites for hydroxylation is 2. The molecule has 0 spiro atoms. The smallest absolute Gasteiger partial charge is 0.349 e. The molecule has 4 heterocycles. The van der Waals surface area contributed by atoms with Gasteiger partial charge in [-0.25, -0.2) is 19.2 Å². The van der Waals surface area contributed by atoms with Gasteiger partial charge in [0.2, 0.25) is 0 Å². The second kappa shape index (κ2) is 33.5. The van der Waals surface area contributed by atoms with Crippen molar-refractivity contribution in [3.63, 3.8) is 0 Å². The van der Waals surface area contributed by atoms with Crippen LogP contribution in [-0.4, -0.2) is 95.8 Å². The molecule has 0 bridgehead atoms. The molecule has 128 heavy (non-hydrogen) atoms. The van der Waals surface area contributed by atoms with Crippen LogP contribution in [0.3, 0.4) is 0 Å². The van der Waals surface area contributed by atoms with Gasteiger partial charge in [0.1, 0.15) is 117 Å². The molecule has 0 N–H and O–H groups in total. The predicted octanol–water partition coefficient (Wildman–Crippen LogP) is 24.8. The molecule has 22 heteroatoms. The average molecular weight is 1750 g/mol. The third kappa shape index (κ3) is 16.2. The minimum Gasteiger partial charge on any atom is -0.461 e. The Balaban J connectivity index is 0.960. The largest absolute Gasteiger partial charge is 0.461 e. The highest BCUT2D eigenvalue weighted by Crippen LogP contribution is 2.59. The van der Waals surface area contributed by atoms with Gasteiger partial charge in [0, 0.05) is 64.6 Å². The molecular weight excluding hydrogens is 1660 g/mol. The Kier molecular flexibility index (Phi) is 22.6. The number of halogens is 2. The van der Waals surface area contributed by atoms with Crippen LogP contribution in [0.15, 0.2) is 238 Å². The zero-order chi connectivity index (χ0) is 90.5. The van der Waals surface area contributed by atoms with Gasteiger partial charge in [0.25, 0.3) is 23.6 Å². The number of rotatable bonds is 26. The Morgan fingerprint density at radius 2 is 0.602 bits per heavy atom. The minimum atomic E-state index is -1.72. The Morgan fingerprint density at radius 1 is 0.336 bits per heavy atom. The van der Waals surface area contributed by atoms with Gasteiger partial charge in [-0.2, -0.15) is 0 Å². The highest BCUT2D eigenvalue weighted by molar-refractivity contribution is 6.45. The molecule has 648 valence electrons. The fourth-order valence-electron chi connectivity index (χ4n) is 17.2. The number of carbonyl (C=O) groups is 8. The number of nitrogens with zero attached hydrogens (tertiary/aromatic N) is 2. The molecule has 17 rings (SSSR count). The summed E-state index contributed by atoms with van der Waals surface area (Å²) in [5, 5.41) is 3.69. The van der Waals surface area contributed by atoms with E-state index < -0.39 is 96.1 Å². The second-order valence-electron chi connectivity index (χ2n) is 36.5. The summed E-state index contributed by atoms with van der Waals surface area (Å²) in [7, 11) is 0. The number of furan rings is 2. The summed E-state index contributed by atoms with van der Waals surface area (Å²) in [5.74, 6) is -6.74. The highest BCUT2D eigenvalue weighted by atomic mass is 35.5. The van der Waals surface area contributed by atoms with Crippen LogP contribution in [0.25, 0.3) is 87.0 Å². The van der Waals surface area contributed by atoms with Gasteiger partial charge in [-0.15, -0.1) is 0 Å². The standard InChI is InChI=1S/C106H92Cl2N2O18/c1-57(107)99(115)119-49-51-121-101(117)77(47-29-59-21-19-25-71-69-23-15-17-27-79(69)127-93(59)71)109-95(111)73-53-81(123-65-39-31-61(32-40-65)103(3,4)5)87-89-83(125-67-43-35-63(36-44-67)105(9,10)11)55-75-86-76(98(114)110(97(75)113)78(102(118)122-52-50-120-100(116)58(2)108)48-30-60-22-20-26-72-70-24-16-18-28-80(70)128-94(60)72)56-84(126-68-45-37-64(38-46-68)106(12,13)14)90(92(86)89)88-82(54-74(96(109)112)85(73)91(87)88)124-66-41-33-62(34-42-66)104(6,7)8/h15-28,31-46,53-56,77-78H,1-2,29-30,47-52H2,3-14H3. The molecule has 0 aliphatic carbocycles. The van der Waals surface area contributed by atoms with Crippen LogP contribution in [-0.2, 0) is 72.6 Å². The van der Waals surface area contributed by atoms with E-state index in [2.05, 4.69) is 96.2 Å². The molecule has 2 aromatic heterocycles. The average Bonchev–Trinajstić information content (AvgIpc) is 0.748. The van der Waals surface area contributed by atoms with E-state index in [9.17, 15) is 9.59 Å². The van der Waals surface area contributed by atoms with E-state index >= 15 is 28.8 Å². The van der Waals surface area contributed by atoms with Crippen molar-refractivity contribution in [2.24, 2.45) is 0 Å². The topological polar surface area (TPSA) is 243 Å². The van der Waals surface area contributed by atoms with Gasteiger partial charge in [0.15, 0.2) is 0 Å². The summed E-state index contributed by atoms with van der Waals surface area (Å²) in [4.78, 5) is 126. The van der Waals surface area contributed by atoms with Crippen LogP contribution in [0.4, 0.5) is 0 Å². The molecule has 2 atom stereocenters. The summed E-state index contributed by atoms with van der Waals surface area (Å²) in [6.45, 7) is 29.8. The van der Waals surface area contributed by atoms with Gasteiger partial charge in [-0.05, 0) is 166 Å². The van der Waals surface area contributed by atoms with E-state index in [1.807, 2.05) is 133 Å². The summed E-state index contributed by atoms with van der Waals surface area (Å²) >= 11 is 11.8. The van der Waals surface area contributed by atoms with Crippen molar-refractivity contribution in [3.05, 3.63) is 285 Å². The SMILES string of the molecule is C=C(Cl)C(=O)OCCOC(=O)C(CCc1cccc2c1oc1ccccc12)N1C(=O)c2cc(Oc3ccc(C(C)(C)C)cc3)c3c4c(Oc5ccc(C(C)(C)C)cc5)cc5c6c(cc(Oc7ccc(C(C)(C)C)cc7)c(c7c(Oc8ccc(C(C)(C)C)cc8)cc(c2c37)C1=O)c64)C(=O)N(C(CCc1cccc2c1oc1ccccc12)C(=O)OCCOC(=O)C(=C)Cl)C5=O. The molecule has 0 radical (unpaired) electrons. The number of hydrogen-bond donors (Lipinski definition) is 0. The maximum Gasteiger partial charge on any atom is 0.349 e. The summed E-state index contributed by atoms with van der Waals surface area (Å²) < 4.78 is 65.3. The quantitative estimate of drug-likeness (QED) is 0.00930. The van der Waals surface area contributed by atoms with E-state index in [4.69, 9.17) is 69.9 Å². The van der Waals surface area contributed by atoms with Gasteiger partial charge in [0.05, 0.1) is 22.3 Å². The fourth-order valence-corrected chi connectivity index (χ4v) is 17.3. The highest BCUT2D eigenvalue weighted by Gasteiger charge is 2.48. The Labute approximate surface area is 748 Å². The molecular formula is C106H92Cl2N2O18. The van der Waals surface area contributed by atoms with Gasteiger partial charge in [-0.1, -0.05) is 241 Å². The first-order chi connectivity index (χ1) is 61.0. The normalized spacial score (nSPS) is 13.6. The van der Waals surface area contributed by atoms with Gasteiger partial charge < -0.3 is 46.7 Å². The maximum atomic E-state index is 17.0. The first-order valence-electron chi connectivity index (χ1n) is 42.4. The molecule has 2 unspecified atom stereocenters. The lowest BCUT2D eigenvalue weighted by Gasteiger charge is -2.35. The first-order valence-corrected chi connectivity index (χ1v) is 43.1. The summed E-state index contributed by atoms with van der Waals surface area (Å²) in [6, 6.07) is 58.9. The molecule has 4 amide bonds. The predicted molar refractivity (Wildman–Crippen MR) is 495 cm³/mol. The number of ether oxygens (including phenoxy) is 8. The molecule has 2 aliphatic heterocycles. The molecule has 13 aromatic carbocycles. The van der Waals surface area contributed by atoms with Crippen LogP contribution >= 0.6 is 23.2 Å². The summed E-state index contributed by atoms with van der Waals surface area (Å²) in [6.07, 6.45) is -0.389. The molecule has 0 fully saturated rings. The third-order valence-electron chi connectivity index (χ3n) is 23.8. The minimum absolute atomic E-state index is 0.0196. The number of hydrogen-bond acceptors (Lipinski definition) is 18. The van der Waals surface area contributed by atoms with Crippen molar-refractivity contribution in [1.29, 1.82) is 0 Å².